The molecule has 20 heavy (non-hydrogen) atoms. The average Bonchev–Trinajstić information content (AvgIpc) is 2.48. The number of para-hydroxylation sites is 1. The second kappa shape index (κ2) is 5.17. The standard InChI is InChI=1S/C16H17NO3/c1-16(2,15(18)13-9-5-3-6-10-13)17(19,20)14-11-7-4-8-12-14/h3-12,19H,1-2H3. The third kappa shape index (κ3) is 2.36. The van der Waals surface area contributed by atoms with Gasteiger partial charge in [0.15, 0.2) is 11.2 Å². The van der Waals surface area contributed by atoms with E-state index in [-0.39, 0.29) is 5.69 Å². The maximum atomic E-state index is 12.6. The van der Waals surface area contributed by atoms with Gasteiger partial charge in [0.25, 0.3) is 0 Å². The van der Waals surface area contributed by atoms with E-state index < -0.39 is 16.1 Å². The van der Waals surface area contributed by atoms with E-state index in [1.807, 2.05) is 0 Å². The number of carbonyl (C=O) groups excluding carboxylic acids is 1. The second-order valence-electron chi connectivity index (χ2n) is 5.17. The van der Waals surface area contributed by atoms with Gasteiger partial charge in [0.05, 0.1) is 0 Å². The molecule has 1 atom stereocenters. The quantitative estimate of drug-likeness (QED) is 0.525. The second-order valence-corrected chi connectivity index (χ2v) is 5.17. The number of carbonyl (C=O) groups is 1. The lowest BCUT2D eigenvalue weighted by Gasteiger charge is -2.44. The van der Waals surface area contributed by atoms with Crippen molar-refractivity contribution in [2.75, 3.05) is 0 Å². The van der Waals surface area contributed by atoms with Gasteiger partial charge in [0, 0.05) is 31.5 Å². The lowest BCUT2D eigenvalue weighted by molar-refractivity contribution is -0.0899. The van der Waals surface area contributed by atoms with Gasteiger partial charge in [0.2, 0.25) is 5.78 Å². The van der Waals surface area contributed by atoms with E-state index in [1.54, 1.807) is 48.5 Å². The normalized spacial score (nSPS) is 14.6. The summed E-state index contributed by atoms with van der Waals surface area (Å²) in [6.45, 7) is 2.89. The maximum absolute atomic E-state index is 12.6. The van der Waals surface area contributed by atoms with Crippen molar-refractivity contribution in [2.24, 2.45) is 0 Å². The van der Waals surface area contributed by atoms with E-state index in [0.29, 0.717) is 5.56 Å². The SMILES string of the molecule is CC(C)(C(=O)c1ccccc1)[N@+]([O-])(O)c1ccccc1. The summed E-state index contributed by atoms with van der Waals surface area (Å²) >= 11 is 0. The molecule has 1 N–H and O–H groups in total. The van der Waals surface area contributed by atoms with Gasteiger partial charge < -0.3 is 5.21 Å². The van der Waals surface area contributed by atoms with Crippen LogP contribution in [0.4, 0.5) is 5.69 Å². The summed E-state index contributed by atoms with van der Waals surface area (Å²) in [6, 6.07) is 16.6. The van der Waals surface area contributed by atoms with Crippen molar-refractivity contribution in [3.8, 4) is 0 Å². The first kappa shape index (κ1) is 14.4. The van der Waals surface area contributed by atoms with Gasteiger partial charge in [-0.15, -0.1) is 0 Å². The van der Waals surface area contributed by atoms with Crippen LogP contribution in [-0.4, -0.2) is 16.5 Å². The Morgan fingerprint density at radius 2 is 1.45 bits per heavy atom. The van der Waals surface area contributed by atoms with Crippen LogP contribution in [0.5, 0.6) is 0 Å². The molecule has 0 unspecified atom stereocenters. The number of benzene rings is 2. The molecular weight excluding hydrogens is 254 g/mol. The van der Waals surface area contributed by atoms with Gasteiger partial charge in [-0.05, 0) is 0 Å². The van der Waals surface area contributed by atoms with Crippen molar-refractivity contribution >= 4 is 11.5 Å². The first-order valence-electron chi connectivity index (χ1n) is 6.36. The summed E-state index contributed by atoms with van der Waals surface area (Å²) in [7, 11) is 0. The van der Waals surface area contributed by atoms with Crippen LogP contribution in [0.3, 0.4) is 0 Å². The number of hydrogen-bond donors (Lipinski definition) is 1. The number of hydroxylamine groups is 2. The molecule has 0 saturated carbocycles. The molecule has 4 heteroatoms. The van der Waals surface area contributed by atoms with E-state index in [1.165, 1.54) is 26.0 Å². The van der Waals surface area contributed by atoms with E-state index in [0.717, 1.165) is 0 Å². The van der Waals surface area contributed by atoms with Gasteiger partial charge in [-0.2, -0.15) is 4.81 Å². The van der Waals surface area contributed by atoms with Crippen LogP contribution in [-0.2, 0) is 0 Å². The Morgan fingerprint density at radius 3 is 1.95 bits per heavy atom. The number of nitrogens with zero attached hydrogens (tertiary/aromatic N) is 1. The Labute approximate surface area is 118 Å². The molecule has 0 fully saturated rings. The highest BCUT2D eigenvalue weighted by Gasteiger charge is 2.46. The predicted molar refractivity (Wildman–Crippen MR) is 78.2 cm³/mol. The van der Waals surface area contributed by atoms with Gasteiger partial charge in [-0.25, -0.2) is 5.21 Å². The van der Waals surface area contributed by atoms with E-state index in [4.69, 9.17) is 0 Å². The summed E-state index contributed by atoms with van der Waals surface area (Å²) in [4.78, 5) is 10.8. The highest BCUT2D eigenvalue weighted by Crippen LogP contribution is 2.32. The van der Waals surface area contributed by atoms with Crippen molar-refractivity contribution in [1.82, 2.24) is 4.81 Å². The fraction of sp³-hybridized carbons (Fsp3) is 0.188. The van der Waals surface area contributed by atoms with Crippen molar-refractivity contribution in [3.05, 3.63) is 71.4 Å². The molecule has 4 nitrogen and oxygen atoms in total. The van der Waals surface area contributed by atoms with Crippen LogP contribution in [0.15, 0.2) is 60.7 Å². The molecule has 0 heterocycles. The number of Topliss-reactive ketones (excluding diaryl/α,β-unsaturated/α-hetero) is 1. The molecule has 0 amide bonds. The first-order chi connectivity index (χ1) is 9.37. The Balaban J connectivity index is 2.42. The van der Waals surface area contributed by atoms with Crippen LogP contribution < -0.4 is 4.81 Å². The van der Waals surface area contributed by atoms with Gasteiger partial charge in [-0.3, -0.25) is 4.79 Å². The van der Waals surface area contributed by atoms with Crippen molar-refractivity contribution < 1.29 is 10.0 Å². The summed E-state index contributed by atoms with van der Waals surface area (Å²) in [6.07, 6.45) is 0. The van der Waals surface area contributed by atoms with Gasteiger partial charge in [-0.1, -0.05) is 48.5 Å². The number of rotatable bonds is 4. The summed E-state index contributed by atoms with van der Waals surface area (Å²) in [5.74, 6) is -0.403. The lowest BCUT2D eigenvalue weighted by atomic mass is 9.92. The third-order valence-electron chi connectivity index (χ3n) is 3.46. The fourth-order valence-electron chi connectivity index (χ4n) is 2.03. The van der Waals surface area contributed by atoms with Gasteiger partial charge in [0.1, 0.15) is 0 Å². The van der Waals surface area contributed by atoms with E-state index in [9.17, 15) is 15.2 Å². The Kier molecular flexibility index (Phi) is 3.72. The minimum atomic E-state index is -1.73. The molecule has 0 radical (unpaired) electrons. The molecule has 0 spiro atoms. The predicted octanol–water partition coefficient (Wildman–Crippen LogP) is 3.54. The molecule has 0 bridgehead atoms. The molecular formula is C16H17NO3. The Morgan fingerprint density at radius 1 is 1.00 bits per heavy atom. The Hall–Kier alpha value is -2.01. The molecule has 104 valence electrons. The largest absolute Gasteiger partial charge is 0.592 e. The summed E-state index contributed by atoms with van der Waals surface area (Å²) < 4.78 is 0. The number of quaternary nitrogens is 1. The number of hydrogen-bond acceptors (Lipinski definition) is 3. The average molecular weight is 271 g/mol. The van der Waals surface area contributed by atoms with Crippen LogP contribution in [0.2, 0.25) is 0 Å². The van der Waals surface area contributed by atoms with Crippen molar-refractivity contribution in [2.45, 2.75) is 19.4 Å². The van der Waals surface area contributed by atoms with Crippen molar-refractivity contribution in [1.29, 1.82) is 0 Å². The zero-order valence-corrected chi connectivity index (χ0v) is 11.5. The van der Waals surface area contributed by atoms with Gasteiger partial charge >= 0.3 is 0 Å². The molecule has 2 aromatic rings. The smallest absolute Gasteiger partial charge is 0.226 e. The fourth-order valence-corrected chi connectivity index (χ4v) is 2.03. The monoisotopic (exact) mass is 271 g/mol. The Bertz CT molecular complexity index is 592. The van der Waals surface area contributed by atoms with Crippen LogP contribution in [0, 0.1) is 5.21 Å². The van der Waals surface area contributed by atoms with Crippen molar-refractivity contribution in [3.63, 3.8) is 0 Å². The third-order valence-corrected chi connectivity index (χ3v) is 3.46. The first-order valence-corrected chi connectivity index (χ1v) is 6.36. The molecule has 0 aliphatic carbocycles. The minimum Gasteiger partial charge on any atom is -0.592 e. The minimum absolute atomic E-state index is 0.127. The lowest BCUT2D eigenvalue weighted by Crippen LogP contribution is -2.61. The molecule has 2 rings (SSSR count). The van der Waals surface area contributed by atoms with Crippen LogP contribution in [0.1, 0.15) is 24.2 Å². The highest BCUT2D eigenvalue weighted by atomic mass is 16.8. The zero-order valence-electron chi connectivity index (χ0n) is 11.5. The van der Waals surface area contributed by atoms with Crippen LogP contribution >= 0.6 is 0 Å². The summed E-state index contributed by atoms with van der Waals surface area (Å²) in [5.41, 5.74) is -1.01. The van der Waals surface area contributed by atoms with E-state index in [2.05, 4.69) is 0 Å². The summed E-state index contributed by atoms with van der Waals surface area (Å²) in [5, 5.41) is 22.9. The van der Waals surface area contributed by atoms with E-state index >= 15 is 0 Å². The van der Waals surface area contributed by atoms with Crippen LogP contribution in [0.25, 0.3) is 0 Å². The molecule has 0 saturated heterocycles. The molecule has 2 aromatic carbocycles. The number of ketones is 1. The maximum Gasteiger partial charge on any atom is 0.226 e. The molecule has 0 aliphatic rings. The topological polar surface area (TPSA) is 60.4 Å². The highest BCUT2D eigenvalue weighted by molar-refractivity contribution is 6.03. The molecule has 0 aliphatic heterocycles. The zero-order chi connectivity index (χ0) is 14.8. The molecule has 0 aromatic heterocycles.